The van der Waals surface area contributed by atoms with Crippen LogP contribution in [-0.4, -0.2) is 18.0 Å². The molecule has 0 spiro atoms. The van der Waals surface area contributed by atoms with E-state index in [0.717, 1.165) is 6.42 Å². The summed E-state index contributed by atoms with van der Waals surface area (Å²) in [6.07, 6.45) is 2.58. The lowest BCUT2D eigenvalue weighted by molar-refractivity contribution is -0.152. The van der Waals surface area contributed by atoms with Gasteiger partial charge in [0.15, 0.2) is 0 Å². The molecule has 1 aliphatic rings. The lowest BCUT2D eigenvalue weighted by Gasteiger charge is -2.23. The van der Waals surface area contributed by atoms with Crippen molar-refractivity contribution < 1.29 is 18.3 Å². The molecule has 1 rings (SSSR count). The van der Waals surface area contributed by atoms with Gasteiger partial charge in [-0.3, -0.25) is 4.79 Å². The SMILES string of the molecule is CCC(C)OC(=O)CC1CCCCC#CC1(F)F. The van der Waals surface area contributed by atoms with Gasteiger partial charge >= 0.3 is 11.9 Å². The number of hydrogen-bond donors (Lipinski definition) is 0. The fourth-order valence-corrected chi connectivity index (χ4v) is 1.86. The molecule has 102 valence electrons. The normalized spacial score (nSPS) is 24.1. The second-order valence-corrected chi connectivity index (χ2v) is 4.78. The van der Waals surface area contributed by atoms with Gasteiger partial charge in [0.2, 0.25) is 0 Å². The van der Waals surface area contributed by atoms with Crippen molar-refractivity contribution >= 4 is 5.97 Å². The zero-order valence-corrected chi connectivity index (χ0v) is 11.0. The van der Waals surface area contributed by atoms with Gasteiger partial charge in [-0.2, -0.15) is 8.78 Å². The van der Waals surface area contributed by atoms with Gasteiger partial charge < -0.3 is 4.74 Å². The van der Waals surface area contributed by atoms with E-state index in [1.165, 1.54) is 0 Å². The standard InChI is InChI=1S/C14H20F2O2/c1-3-11(2)18-13(17)10-12-8-6-4-5-7-9-14(12,15)16/h11-12H,3-6,8,10H2,1-2H3. The molecule has 2 unspecified atom stereocenters. The van der Waals surface area contributed by atoms with Gasteiger partial charge in [-0.1, -0.05) is 19.3 Å². The molecular formula is C14H20F2O2. The molecule has 0 aromatic heterocycles. The van der Waals surface area contributed by atoms with E-state index < -0.39 is 17.8 Å². The number of alkyl halides is 2. The van der Waals surface area contributed by atoms with Gasteiger partial charge in [-0.25, -0.2) is 0 Å². The van der Waals surface area contributed by atoms with Gasteiger partial charge in [-0.15, -0.1) is 0 Å². The summed E-state index contributed by atoms with van der Waals surface area (Å²) < 4.78 is 32.5. The first-order valence-corrected chi connectivity index (χ1v) is 6.53. The van der Waals surface area contributed by atoms with Crippen molar-refractivity contribution in [1.82, 2.24) is 0 Å². The van der Waals surface area contributed by atoms with E-state index in [1.54, 1.807) is 6.92 Å². The minimum atomic E-state index is -3.07. The smallest absolute Gasteiger partial charge is 0.311 e. The van der Waals surface area contributed by atoms with Crippen LogP contribution >= 0.6 is 0 Å². The monoisotopic (exact) mass is 258 g/mol. The maximum Gasteiger partial charge on any atom is 0.311 e. The average Bonchev–Trinajstić information content (AvgIpc) is 2.29. The minimum absolute atomic E-state index is 0.217. The van der Waals surface area contributed by atoms with Crippen LogP contribution < -0.4 is 0 Å². The first-order chi connectivity index (χ1) is 8.45. The Morgan fingerprint density at radius 1 is 1.50 bits per heavy atom. The van der Waals surface area contributed by atoms with E-state index in [-0.39, 0.29) is 12.5 Å². The van der Waals surface area contributed by atoms with Crippen LogP contribution in [0.15, 0.2) is 0 Å². The molecule has 0 amide bonds. The highest BCUT2D eigenvalue weighted by molar-refractivity contribution is 5.70. The Labute approximate surface area is 107 Å². The molecule has 4 heteroatoms. The summed E-state index contributed by atoms with van der Waals surface area (Å²) in [5, 5.41) is 0. The molecule has 0 aliphatic heterocycles. The maximum absolute atomic E-state index is 13.7. The van der Waals surface area contributed by atoms with Crippen molar-refractivity contribution in [2.24, 2.45) is 5.92 Å². The molecule has 0 aromatic carbocycles. The van der Waals surface area contributed by atoms with Gasteiger partial charge in [0.25, 0.3) is 0 Å². The van der Waals surface area contributed by atoms with Gasteiger partial charge in [0.05, 0.1) is 12.5 Å². The molecule has 0 heterocycles. The largest absolute Gasteiger partial charge is 0.463 e. The second-order valence-electron chi connectivity index (χ2n) is 4.78. The van der Waals surface area contributed by atoms with E-state index in [2.05, 4.69) is 5.92 Å². The fourth-order valence-electron chi connectivity index (χ4n) is 1.86. The summed E-state index contributed by atoms with van der Waals surface area (Å²) >= 11 is 0. The molecule has 0 saturated heterocycles. The van der Waals surface area contributed by atoms with Crippen molar-refractivity contribution in [1.29, 1.82) is 0 Å². The first kappa shape index (κ1) is 14.9. The molecule has 2 atom stereocenters. The Morgan fingerprint density at radius 3 is 2.89 bits per heavy atom. The highest BCUT2D eigenvalue weighted by Crippen LogP contribution is 2.32. The van der Waals surface area contributed by atoms with Crippen molar-refractivity contribution in [3.8, 4) is 11.8 Å². The fraction of sp³-hybridized carbons (Fsp3) is 0.786. The highest BCUT2D eigenvalue weighted by atomic mass is 19.3. The molecule has 1 aliphatic carbocycles. The van der Waals surface area contributed by atoms with Crippen LogP contribution in [-0.2, 0) is 9.53 Å². The zero-order chi connectivity index (χ0) is 13.6. The van der Waals surface area contributed by atoms with Crippen molar-refractivity contribution in [2.45, 2.75) is 64.4 Å². The molecule has 0 saturated carbocycles. The second kappa shape index (κ2) is 6.72. The number of ether oxygens (including phenoxy) is 1. The predicted octanol–water partition coefficient (Wildman–Crippen LogP) is 3.55. The third-order valence-electron chi connectivity index (χ3n) is 3.19. The van der Waals surface area contributed by atoms with Crippen molar-refractivity contribution in [2.75, 3.05) is 0 Å². The summed E-state index contributed by atoms with van der Waals surface area (Å²) in [5.74, 6) is -0.159. The summed E-state index contributed by atoms with van der Waals surface area (Å²) in [4.78, 5) is 11.6. The minimum Gasteiger partial charge on any atom is -0.463 e. The molecule has 0 radical (unpaired) electrons. The third kappa shape index (κ3) is 4.64. The molecule has 18 heavy (non-hydrogen) atoms. The van der Waals surface area contributed by atoms with E-state index >= 15 is 0 Å². The van der Waals surface area contributed by atoms with Crippen LogP contribution in [0.5, 0.6) is 0 Å². The van der Waals surface area contributed by atoms with E-state index in [4.69, 9.17) is 4.74 Å². The molecule has 0 bridgehead atoms. The zero-order valence-electron chi connectivity index (χ0n) is 11.0. The number of rotatable bonds is 4. The molecule has 0 fully saturated rings. The summed E-state index contributed by atoms with van der Waals surface area (Å²) in [6.45, 7) is 3.64. The van der Waals surface area contributed by atoms with Crippen LogP contribution in [0.2, 0.25) is 0 Å². The van der Waals surface area contributed by atoms with E-state index in [1.807, 2.05) is 12.8 Å². The van der Waals surface area contributed by atoms with Gasteiger partial charge in [-0.05, 0) is 32.1 Å². The summed E-state index contributed by atoms with van der Waals surface area (Å²) in [7, 11) is 0. The predicted molar refractivity (Wildman–Crippen MR) is 65.1 cm³/mol. The van der Waals surface area contributed by atoms with Gasteiger partial charge in [0, 0.05) is 12.3 Å². The maximum atomic E-state index is 13.7. The molecular weight excluding hydrogens is 238 g/mol. The van der Waals surface area contributed by atoms with Crippen molar-refractivity contribution in [3.63, 3.8) is 0 Å². The highest BCUT2D eigenvalue weighted by Gasteiger charge is 2.39. The summed E-state index contributed by atoms with van der Waals surface area (Å²) in [5.41, 5.74) is 0. The Bertz CT molecular complexity index is 341. The number of halogens is 2. The molecule has 2 nitrogen and oxygen atoms in total. The Hall–Kier alpha value is -1.11. The Kier molecular flexibility index (Phi) is 5.58. The molecule has 0 N–H and O–H groups in total. The van der Waals surface area contributed by atoms with Gasteiger partial charge in [0.1, 0.15) is 0 Å². The lowest BCUT2D eigenvalue weighted by Crippen LogP contribution is -2.30. The van der Waals surface area contributed by atoms with Crippen LogP contribution in [0, 0.1) is 17.8 Å². The topological polar surface area (TPSA) is 26.3 Å². The van der Waals surface area contributed by atoms with Crippen LogP contribution in [0.3, 0.4) is 0 Å². The molecule has 0 aromatic rings. The van der Waals surface area contributed by atoms with Crippen LogP contribution in [0.4, 0.5) is 8.78 Å². The Morgan fingerprint density at radius 2 is 2.22 bits per heavy atom. The summed E-state index contributed by atoms with van der Waals surface area (Å²) in [6, 6.07) is 0. The number of esters is 1. The number of carbonyl (C=O) groups is 1. The first-order valence-electron chi connectivity index (χ1n) is 6.53. The van der Waals surface area contributed by atoms with Crippen LogP contribution in [0.1, 0.15) is 52.4 Å². The van der Waals surface area contributed by atoms with Crippen LogP contribution in [0.25, 0.3) is 0 Å². The quantitative estimate of drug-likeness (QED) is 0.569. The Balaban J connectivity index is 2.61. The lowest BCUT2D eigenvalue weighted by atomic mass is 9.90. The van der Waals surface area contributed by atoms with E-state index in [9.17, 15) is 13.6 Å². The third-order valence-corrected chi connectivity index (χ3v) is 3.19. The number of hydrogen-bond acceptors (Lipinski definition) is 2. The average molecular weight is 258 g/mol. The van der Waals surface area contributed by atoms with E-state index in [0.29, 0.717) is 25.7 Å². The number of carbonyl (C=O) groups excluding carboxylic acids is 1. The van der Waals surface area contributed by atoms with Crippen molar-refractivity contribution in [3.05, 3.63) is 0 Å².